The van der Waals surface area contributed by atoms with Crippen molar-refractivity contribution in [1.29, 1.82) is 0 Å². The molecule has 0 aliphatic rings. The van der Waals surface area contributed by atoms with Crippen LogP contribution in [0.25, 0.3) is 0 Å². The molecule has 0 bridgehead atoms. The van der Waals surface area contributed by atoms with Gasteiger partial charge in [-0.25, -0.2) is 4.98 Å². The van der Waals surface area contributed by atoms with Crippen LogP contribution in [0.2, 0.25) is 0 Å². The summed E-state index contributed by atoms with van der Waals surface area (Å²) in [4.78, 5) is 3.98. The molecule has 0 aromatic carbocycles. The summed E-state index contributed by atoms with van der Waals surface area (Å²) < 4.78 is 2.13. The van der Waals surface area contributed by atoms with Gasteiger partial charge in [-0.1, -0.05) is 13.8 Å². The number of aryl methyl sites for hydroxylation is 1. The van der Waals surface area contributed by atoms with E-state index >= 15 is 0 Å². The van der Waals surface area contributed by atoms with Crippen LogP contribution >= 0.6 is 0 Å². The van der Waals surface area contributed by atoms with Gasteiger partial charge in [0.1, 0.15) is 0 Å². The van der Waals surface area contributed by atoms with Gasteiger partial charge in [-0.2, -0.15) is 0 Å². The van der Waals surface area contributed by atoms with Gasteiger partial charge >= 0.3 is 0 Å². The van der Waals surface area contributed by atoms with E-state index in [9.17, 15) is 0 Å². The fourth-order valence-electron chi connectivity index (χ4n) is 1.10. The average molecular weight is 241 g/mol. The molecule has 1 radical (unpaired) electrons. The predicted octanol–water partition coefficient (Wildman–Crippen LogP) is 2.32. The van der Waals surface area contributed by atoms with E-state index in [4.69, 9.17) is 0 Å². The van der Waals surface area contributed by atoms with Crippen LogP contribution in [0.4, 0.5) is 0 Å². The molecule has 0 N–H and O–H groups in total. The van der Waals surface area contributed by atoms with Gasteiger partial charge in [0, 0.05) is 51.6 Å². The topological polar surface area (TPSA) is 17.8 Å². The number of hydrogen-bond donors (Lipinski definition) is 0. The second kappa shape index (κ2) is 6.79. The second-order valence-electron chi connectivity index (χ2n) is 3.34. The summed E-state index contributed by atoms with van der Waals surface area (Å²) in [5.41, 5.74) is 0. The largest absolute Gasteiger partial charge is 0.337 e. The Morgan fingerprint density at radius 2 is 2.17 bits per heavy atom. The van der Waals surface area contributed by atoms with Crippen LogP contribution in [0.15, 0.2) is 18.7 Å². The Balaban J connectivity index is 0.00000121. The third kappa shape index (κ3) is 5.05. The maximum Gasteiger partial charge on any atom is 0.0945 e. The third-order valence-corrected chi connectivity index (χ3v) is 1.76. The number of rotatable bonds is 4. The van der Waals surface area contributed by atoms with Crippen molar-refractivity contribution >= 4 is 0 Å². The first-order chi connectivity index (χ1) is 5.29. The van der Waals surface area contributed by atoms with Gasteiger partial charge in [-0.15, -0.1) is 0 Å². The molecule has 0 spiro atoms. The molecule has 0 aliphatic carbocycles. The minimum atomic E-state index is 0. The van der Waals surface area contributed by atoms with Crippen molar-refractivity contribution in [2.75, 3.05) is 0 Å². The molecule has 1 heterocycles. The molecule has 0 fully saturated rings. The zero-order valence-corrected chi connectivity index (χ0v) is 10.7. The molecule has 0 amide bonds. The van der Waals surface area contributed by atoms with E-state index in [1.54, 1.807) is 0 Å². The summed E-state index contributed by atoms with van der Waals surface area (Å²) in [6.07, 6.45) is 8.28. The quantitative estimate of drug-likeness (QED) is 0.791. The first-order valence-electron chi connectivity index (χ1n) is 4.25. The molecular formula is C9H16N2Y. The number of nitrogens with zero attached hydrogens (tertiary/aromatic N) is 2. The maximum absolute atomic E-state index is 3.98. The summed E-state index contributed by atoms with van der Waals surface area (Å²) in [6.45, 7) is 5.62. The van der Waals surface area contributed by atoms with E-state index in [2.05, 4.69) is 23.4 Å². The van der Waals surface area contributed by atoms with Gasteiger partial charge in [0.25, 0.3) is 0 Å². The van der Waals surface area contributed by atoms with E-state index in [1.165, 1.54) is 12.8 Å². The molecule has 12 heavy (non-hydrogen) atoms. The molecule has 2 nitrogen and oxygen atoms in total. The van der Waals surface area contributed by atoms with Gasteiger partial charge in [0.05, 0.1) is 6.33 Å². The van der Waals surface area contributed by atoms with Gasteiger partial charge in [-0.3, -0.25) is 0 Å². The Kier molecular flexibility index (Phi) is 6.97. The summed E-state index contributed by atoms with van der Waals surface area (Å²) in [7, 11) is 0. The van der Waals surface area contributed by atoms with Crippen LogP contribution in [0, 0.1) is 5.92 Å². The maximum atomic E-state index is 3.98. The van der Waals surface area contributed by atoms with Gasteiger partial charge in [0.2, 0.25) is 0 Å². The van der Waals surface area contributed by atoms with Gasteiger partial charge < -0.3 is 4.57 Å². The fourth-order valence-corrected chi connectivity index (χ4v) is 1.10. The third-order valence-electron chi connectivity index (χ3n) is 1.76. The minimum Gasteiger partial charge on any atom is -0.337 e. The molecule has 65 valence electrons. The van der Waals surface area contributed by atoms with Crippen molar-refractivity contribution in [3.8, 4) is 0 Å². The van der Waals surface area contributed by atoms with Crippen LogP contribution < -0.4 is 0 Å². The zero-order valence-electron chi connectivity index (χ0n) is 7.90. The van der Waals surface area contributed by atoms with Crippen molar-refractivity contribution in [3.63, 3.8) is 0 Å². The van der Waals surface area contributed by atoms with Crippen LogP contribution in [0.5, 0.6) is 0 Å². The molecule has 3 heteroatoms. The standard InChI is InChI=1S/C9H16N2.Y/c1-9(2)4-3-6-11-7-5-10-8-11;/h5,7-9H,3-4,6H2,1-2H3;. The number of imidazole rings is 1. The van der Waals surface area contributed by atoms with E-state index in [1.807, 2.05) is 18.7 Å². The van der Waals surface area contributed by atoms with Crippen LogP contribution in [0.3, 0.4) is 0 Å². The molecule has 1 aromatic rings. The Hall–Kier alpha value is 0.314. The molecule has 0 saturated carbocycles. The monoisotopic (exact) mass is 241 g/mol. The second-order valence-corrected chi connectivity index (χ2v) is 3.34. The van der Waals surface area contributed by atoms with Crippen molar-refractivity contribution in [1.82, 2.24) is 9.55 Å². The Morgan fingerprint density at radius 3 is 2.67 bits per heavy atom. The van der Waals surface area contributed by atoms with Gasteiger partial charge in [-0.05, 0) is 18.8 Å². The van der Waals surface area contributed by atoms with Crippen LogP contribution in [0.1, 0.15) is 26.7 Å². The van der Waals surface area contributed by atoms with Gasteiger partial charge in [0.15, 0.2) is 0 Å². The van der Waals surface area contributed by atoms with Crippen molar-refractivity contribution in [3.05, 3.63) is 18.7 Å². The fraction of sp³-hybridized carbons (Fsp3) is 0.667. The molecule has 1 rings (SSSR count). The average Bonchev–Trinajstić information content (AvgIpc) is 2.39. The van der Waals surface area contributed by atoms with E-state index in [0.717, 1.165) is 12.5 Å². The van der Waals surface area contributed by atoms with Crippen LogP contribution in [-0.4, -0.2) is 9.55 Å². The van der Waals surface area contributed by atoms with E-state index < -0.39 is 0 Å². The molecule has 0 atom stereocenters. The van der Waals surface area contributed by atoms with E-state index in [-0.39, 0.29) is 32.7 Å². The van der Waals surface area contributed by atoms with Crippen LogP contribution in [-0.2, 0) is 39.3 Å². The predicted molar refractivity (Wildman–Crippen MR) is 46.3 cm³/mol. The number of aromatic nitrogens is 2. The molecule has 0 saturated heterocycles. The normalized spacial score (nSPS) is 9.92. The Morgan fingerprint density at radius 1 is 1.42 bits per heavy atom. The summed E-state index contributed by atoms with van der Waals surface area (Å²) in [6, 6.07) is 0. The Bertz CT molecular complexity index is 182. The van der Waals surface area contributed by atoms with Crippen molar-refractivity contribution in [2.24, 2.45) is 5.92 Å². The zero-order chi connectivity index (χ0) is 8.10. The first kappa shape index (κ1) is 12.3. The molecule has 0 unspecified atom stereocenters. The molecule has 1 aromatic heterocycles. The summed E-state index contributed by atoms with van der Waals surface area (Å²) in [5, 5.41) is 0. The summed E-state index contributed by atoms with van der Waals surface area (Å²) >= 11 is 0. The molecule has 0 aliphatic heterocycles. The molecular weight excluding hydrogens is 225 g/mol. The van der Waals surface area contributed by atoms with Crippen molar-refractivity contribution in [2.45, 2.75) is 33.2 Å². The number of hydrogen-bond acceptors (Lipinski definition) is 1. The smallest absolute Gasteiger partial charge is 0.0945 e. The van der Waals surface area contributed by atoms with Crippen molar-refractivity contribution < 1.29 is 32.7 Å². The Labute approximate surface area is 99.6 Å². The minimum absolute atomic E-state index is 0. The first-order valence-corrected chi connectivity index (χ1v) is 4.25. The van der Waals surface area contributed by atoms with E-state index in [0.29, 0.717) is 0 Å². The SMILES string of the molecule is CC(C)CCCn1ccnc1.[Y]. The summed E-state index contributed by atoms with van der Waals surface area (Å²) in [5.74, 6) is 0.818.